The molecule has 10 heteroatoms. The molecule has 3 N–H and O–H groups in total. The highest BCUT2D eigenvalue weighted by Gasteiger charge is 2.31. The molecule has 1 saturated heterocycles. The van der Waals surface area contributed by atoms with Crippen LogP contribution in [0, 0.1) is 13.8 Å². The number of nitrogens with two attached hydrogens (primary N) is 1. The minimum Gasteiger partial charge on any atom is -0.341 e. The van der Waals surface area contributed by atoms with Gasteiger partial charge in [-0.3, -0.25) is 14.4 Å². The number of urea groups is 1. The molecule has 0 aliphatic carbocycles. The van der Waals surface area contributed by atoms with Crippen molar-refractivity contribution >= 4 is 35.5 Å². The summed E-state index contributed by atoms with van der Waals surface area (Å²) in [5.74, 6) is -0.482. The fourth-order valence-corrected chi connectivity index (χ4v) is 5.48. The third-order valence-corrected chi connectivity index (χ3v) is 8.08. The topological polar surface area (TPSA) is 119 Å². The summed E-state index contributed by atoms with van der Waals surface area (Å²) in [4.78, 5) is 58.0. The van der Waals surface area contributed by atoms with Crippen LogP contribution < -0.4 is 11.1 Å². The maximum atomic E-state index is 13.4. The summed E-state index contributed by atoms with van der Waals surface area (Å²) in [6.45, 7) is 5.96. The number of hydrogen-bond acceptors (Lipinski definition) is 5. The first-order chi connectivity index (χ1) is 19.7. The molecule has 0 aromatic heterocycles. The molecule has 0 radical (unpaired) electrons. The Morgan fingerprint density at radius 1 is 1.07 bits per heavy atom. The number of likely N-dealkylation sites (tertiary alicyclic amines) is 1. The van der Waals surface area contributed by atoms with Gasteiger partial charge in [0.15, 0.2) is 0 Å². The van der Waals surface area contributed by atoms with Crippen molar-refractivity contribution in [1.29, 1.82) is 0 Å². The number of aryl methyl sites for hydroxylation is 1. The molecule has 4 rings (SSSR count). The maximum absolute atomic E-state index is 13.4. The van der Waals surface area contributed by atoms with Crippen molar-refractivity contribution < 1.29 is 19.2 Å². The quantitative estimate of drug-likeness (QED) is 0.361. The normalized spacial score (nSPS) is 16.0. The predicted octanol–water partition coefficient (Wildman–Crippen LogP) is 2.60. The Bertz CT molecular complexity index is 1320. The highest BCUT2D eigenvalue weighted by atomic mass is 16.2. The second kappa shape index (κ2) is 13.5. The van der Waals surface area contributed by atoms with Crippen LogP contribution in [0.1, 0.15) is 35.1 Å². The first-order valence-corrected chi connectivity index (χ1v) is 14.1. The van der Waals surface area contributed by atoms with Gasteiger partial charge in [0.05, 0.1) is 5.57 Å². The molecule has 0 saturated carbocycles. The van der Waals surface area contributed by atoms with E-state index in [2.05, 4.69) is 5.32 Å². The van der Waals surface area contributed by atoms with Gasteiger partial charge in [0.25, 0.3) is 5.91 Å². The lowest BCUT2D eigenvalue weighted by atomic mass is 9.96. The largest absolute Gasteiger partial charge is 0.341 e. The Morgan fingerprint density at radius 2 is 1.80 bits per heavy atom. The van der Waals surface area contributed by atoms with Crippen LogP contribution in [0.3, 0.4) is 0 Å². The number of benzene rings is 2. The molecule has 0 unspecified atom stereocenters. The second-order valence-corrected chi connectivity index (χ2v) is 10.7. The average molecular weight is 561 g/mol. The number of piperidine rings is 1. The van der Waals surface area contributed by atoms with Crippen LogP contribution in [0.2, 0.25) is 0 Å². The third-order valence-electron chi connectivity index (χ3n) is 8.08. The number of carbonyl (C=O) groups excluding carboxylic acids is 4. The van der Waals surface area contributed by atoms with Crippen molar-refractivity contribution in [2.24, 2.45) is 5.73 Å². The summed E-state index contributed by atoms with van der Waals surface area (Å²) in [5.41, 5.74) is 10.6. The predicted molar refractivity (Wildman–Crippen MR) is 159 cm³/mol. The molecule has 218 valence electrons. The molecular formula is C31H40N6O4. The lowest BCUT2D eigenvalue weighted by Crippen LogP contribution is -2.51. The third kappa shape index (κ3) is 6.94. The van der Waals surface area contributed by atoms with Crippen LogP contribution in [0.25, 0.3) is 5.57 Å². The Hall–Kier alpha value is -4.18. The summed E-state index contributed by atoms with van der Waals surface area (Å²) in [7, 11) is 1.66. The smallest absolute Gasteiger partial charge is 0.322 e. The number of anilines is 1. The lowest BCUT2D eigenvalue weighted by molar-refractivity contribution is -0.135. The van der Waals surface area contributed by atoms with E-state index < -0.39 is 0 Å². The van der Waals surface area contributed by atoms with E-state index >= 15 is 0 Å². The van der Waals surface area contributed by atoms with Crippen molar-refractivity contribution in [3.05, 3.63) is 70.9 Å². The Morgan fingerprint density at radius 3 is 2.51 bits per heavy atom. The lowest BCUT2D eigenvalue weighted by Gasteiger charge is -2.38. The van der Waals surface area contributed by atoms with Crippen molar-refractivity contribution in [2.75, 3.05) is 51.6 Å². The van der Waals surface area contributed by atoms with E-state index in [9.17, 15) is 19.2 Å². The molecule has 0 bridgehead atoms. The van der Waals surface area contributed by atoms with Gasteiger partial charge in [-0.15, -0.1) is 0 Å². The molecule has 5 amide bonds. The van der Waals surface area contributed by atoms with Gasteiger partial charge < -0.3 is 30.7 Å². The number of rotatable bonds is 9. The van der Waals surface area contributed by atoms with E-state index in [4.69, 9.17) is 5.73 Å². The molecule has 41 heavy (non-hydrogen) atoms. The number of para-hydroxylation sites is 1. The zero-order valence-corrected chi connectivity index (χ0v) is 24.1. The van der Waals surface area contributed by atoms with Crippen LogP contribution in [0.4, 0.5) is 10.5 Å². The summed E-state index contributed by atoms with van der Waals surface area (Å²) < 4.78 is 0. The SMILES string of the molecule is Cc1cccc(/C(=C/N(C=O)CC(=O)N2CCC(N3CCc4ccccc4NC3=O)CC2)C(=O)N(C)CCN)c1C. The van der Waals surface area contributed by atoms with Gasteiger partial charge in [0.2, 0.25) is 12.3 Å². The molecule has 2 aromatic carbocycles. The molecule has 2 heterocycles. The van der Waals surface area contributed by atoms with Crippen LogP contribution >= 0.6 is 0 Å². The number of amides is 5. The zero-order valence-electron chi connectivity index (χ0n) is 24.1. The average Bonchev–Trinajstić information content (AvgIpc) is 3.14. The Kier molecular flexibility index (Phi) is 9.78. The molecule has 2 aliphatic rings. The van der Waals surface area contributed by atoms with Gasteiger partial charge in [-0.1, -0.05) is 36.4 Å². The van der Waals surface area contributed by atoms with Crippen molar-refractivity contribution in [2.45, 2.75) is 39.2 Å². The van der Waals surface area contributed by atoms with Gasteiger partial charge in [0.1, 0.15) is 6.54 Å². The van der Waals surface area contributed by atoms with E-state index in [0.717, 1.165) is 28.8 Å². The number of carbonyl (C=O) groups is 4. The molecule has 10 nitrogen and oxygen atoms in total. The van der Waals surface area contributed by atoms with E-state index in [1.807, 2.05) is 61.2 Å². The Balaban J connectivity index is 1.43. The summed E-state index contributed by atoms with van der Waals surface area (Å²) in [5, 5.41) is 3.02. The summed E-state index contributed by atoms with van der Waals surface area (Å²) in [6.07, 6.45) is 4.13. The fraction of sp³-hybridized carbons (Fsp3) is 0.419. The van der Waals surface area contributed by atoms with Crippen LogP contribution in [0.5, 0.6) is 0 Å². The number of hydrogen-bond donors (Lipinski definition) is 2. The fourth-order valence-electron chi connectivity index (χ4n) is 5.48. The molecular weight excluding hydrogens is 520 g/mol. The Labute approximate surface area is 241 Å². The first kappa shape index (κ1) is 29.8. The number of nitrogens with one attached hydrogen (secondary N) is 1. The second-order valence-electron chi connectivity index (χ2n) is 10.7. The van der Waals surface area contributed by atoms with E-state index in [1.54, 1.807) is 11.9 Å². The number of fused-ring (bicyclic) bond motifs is 1. The van der Waals surface area contributed by atoms with Gasteiger partial charge in [-0.05, 0) is 61.4 Å². The van der Waals surface area contributed by atoms with Crippen molar-refractivity contribution in [3.63, 3.8) is 0 Å². The summed E-state index contributed by atoms with van der Waals surface area (Å²) in [6, 6.07) is 13.4. The van der Waals surface area contributed by atoms with Gasteiger partial charge in [-0.2, -0.15) is 0 Å². The minimum atomic E-state index is -0.276. The van der Waals surface area contributed by atoms with Crippen molar-refractivity contribution in [3.8, 4) is 0 Å². The van der Waals surface area contributed by atoms with E-state index in [0.29, 0.717) is 63.1 Å². The maximum Gasteiger partial charge on any atom is 0.322 e. The first-order valence-electron chi connectivity index (χ1n) is 14.1. The minimum absolute atomic E-state index is 0.0297. The molecule has 1 fully saturated rings. The highest BCUT2D eigenvalue weighted by molar-refractivity contribution is 6.20. The molecule has 0 spiro atoms. The number of likely N-dealkylation sites (N-methyl/N-ethyl adjacent to an activating group) is 1. The van der Waals surface area contributed by atoms with E-state index in [1.165, 1.54) is 16.0 Å². The molecule has 0 atom stereocenters. The molecule has 2 aromatic rings. The van der Waals surface area contributed by atoms with Gasteiger partial charge >= 0.3 is 6.03 Å². The van der Waals surface area contributed by atoms with Crippen LogP contribution in [-0.2, 0) is 20.8 Å². The number of nitrogens with zero attached hydrogens (tertiary/aromatic N) is 4. The standard InChI is InChI=1S/C31H40N6O4/c1-22-7-6-9-26(23(22)2)27(30(40)34(3)18-14-32)19-35(21-38)20-29(39)36-15-12-25(13-16-36)37-17-11-24-8-4-5-10-28(24)33-31(37)41/h4-10,19,21,25H,11-18,20,32H2,1-3H3,(H,33,41)/b27-19-. The zero-order chi connectivity index (χ0) is 29.5. The highest BCUT2D eigenvalue weighted by Crippen LogP contribution is 2.26. The van der Waals surface area contributed by atoms with Gasteiger partial charge in [0, 0.05) is 57.7 Å². The monoisotopic (exact) mass is 560 g/mol. The summed E-state index contributed by atoms with van der Waals surface area (Å²) >= 11 is 0. The van der Waals surface area contributed by atoms with E-state index in [-0.39, 0.29) is 30.4 Å². The van der Waals surface area contributed by atoms with Gasteiger partial charge in [-0.25, -0.2) is 4.79 Å². The van der Waals surface area contributed by atoms with Crippen LogP contribution in [0.15, 0.2) is 48.7 Å². The van der Waals surface area contributed by atoms with Crippen molar-refractivity contribution in [1.82, 2.24) is 19.6 Å². The van der Waals surface area contributed by atoms with Crippen LogP contribution in [-0.4, -0.2) is 96.2 Å². The molecule has 2 aliphatic heterocycles.